The fraction of sp³-hybridized carbons (Fsp3) is 0.455. The van der Waals surface area contributed by atoms with Crippen molar-refractivity contribution in [3.05, 3.63) is 47.8 Å². The smallest absolute Gasteiger partial charge is 0.322 e. The van der Waals surface area contributed by atoms with Crippen LogP contribution in [0.1, 0.15) is 11.4 Å². The predicted molar refractivity (Wildman–Crippen MR) is 115 cm³/mol. The average molecular weight is 415 g/mol. The summed E-state index contributed by atoms with van der Waals surface area (Å²) in [6, 6.07) is 11.0. The van der Waals surface area contributed by atoms with E-state index in [9.17, 15) is 4.79 Å². The number of benzene rings is 1. The lowest BCUT2D eigenvalue weighted by Gasteiger charge is -2.30. The summed E-state index contributed by atoms with van der Waals surface area (Å²) < 4.78 is 16.1. The van der Waals surface area contributed by atoms with E-state index < -0.39 is 0 Å². The van der Waals surface area contributed by atoms with Crippen LogP contribution in [0.5, 0.6) is 11.5 Å². The van der Waals surface area contributed by atoms with Crippen LogP contribution in [0.15, 0.2) is 36.4 Å². The zero-order valence-electron chi connectivity index (χ0n) is 17.9. The molecule has 1 aromatic heterocycles. The molecule has 2 aromatic rings. The Morgan fingerprint density at radius 2 is 2.00 bits per heavy atom. The number of morpholine rings is 1. The van der Waals surface area contributed by atoms with Gasteiger partial charge in [-0.1, -0.05) is 6.07 Å². The molecule has 0 atom stereocenters. The Bertz CT molecular complexity index is 840. The zero-order valence-corrected chi connectivity index (χ0v) is 17.9. The van der Waals surface area contributed by atoms with E-state index in [4.69, 9.17) is 14.2 Å². The third kappa shape index (κ3) is 6.08. The van der Waals surface area contributed by atoms with E-state index in [1.54, 1.807) is 37.3 Å². The van der Waals surface area contributed by atoms with Gasteiger partial charge >= 0.3 is 6.03 Å². The van der Waals surface area contributed by atoms with Gasteiger partial charge < -0.3 is 24.4 Å². The molecule has 0 saturated carbocycles. The van der Waals surface area contributed by atoms with Crippen molar-refractivity contribution in [2.24, 2.45) is 0 Å². The maximum Gasteiger partial charge on any atom is 0.322 e. The highest BCUT2D eigenvalue weighted by Crippen LogP contribution is 2.29. The van der Waals surface area contributed by atoms with Crippen LogP contribution >= 0.6 is 0 Å². The number of urea groups is 1. The average Bonchev–Trinajstić information content (AvgIpc) is 2.77. The Labute approximate surface area is 177 Å². The molecule has 1 aromatic carbocycles. The highest BCUT2D eigenvalue weighted by molar-refractivity contribution is 5.91. The maximum absolute atomic E-state index is 13.2. The zero-order chi connectivity index (χ0) is 21.3. The molecule has 0 spiro atoms. The van der Waals surface area contributed by atoms with Crippen molar-refractivity contribution >= 4 is 11.7 Å². The molecule has 8 nitrogen and oxygen atoms in total. The van der Waals surface area contributed by atoms with Gasteiger partial charge in [0.15, 0.2) is 0 Å². The summed E-state index contributed by atoms with van der Waals surface area (Å²) in [6.07, 6.45) is 0. The third-order valence-corrected chi connectivity index (χ3v) is 5.03. The van der Waals surface area contributed by atoms with E-state index in [1.807, 2.05) is 25.1 Å². The second kappa shape index (κ2) is 10.8. The standard InChI is InChI=1S/C22H30N4O4/c1-17-5-4-6-18(23-17)16-26(10-9-25-11-13-30-14-12-25)22(27)24-20-8-7-19(28-2)15-21(20)29-3/h4-8,15H,9-14,16H2,1-3H3,(H,24,27). The Balaban J connectivity index is 1.73. The number of anilines is 1. The van der Waals surface area contributed by atoms with Gasteiger partial charge in [0, 0.05) is 37.9 Å². The molecule has 162 valence electrons. The largest absolute Gasteiger partial charge is 0.497 e. The van der Waals surface area contributed by atoms with Crippen molar-refractivity contribution in [2.45, 2.75) is 13.5 Å². The number of aromatic nitrogens is 1. The third-order valence-electron chi connectivity index (χ3n) is 5.03. The molecule has 0 bridgehead atoms. The molecule has 1 aliphatic heterocycles. The first-order valence-corrected chi connectivity index (χ1v) is 10.1. The minimum Gasteiger partial charge on any atom is -0.497 e. The number of nitrogens with zero attached hydrogens (tertiary/aromatic N) is 3. The highest BCUT2D eigenvalue weighted by Gasteiger charge is 2.19. The molecule has 3 rings (SSSR count). The minimum atomic E-state index is -0.199. The molecule has 30 heavy (non-hydrogen) atoms. The van der Waals surface area contributed by atoms with E-state index >= 15 is 0 Å². The van der Waals surface area contributed by atoms with Gasteiger partial charge in [-0.15, -0.1) is 0 Å². The lowest BCUT2D eigenvalue weighted by Crippen LogP contribution is -2.44. The lowest BCUT2D eigenvalue weighted by molar-refractivity contribution is 0.0349. The summed E-state index contributed by atoms with van der Waals surface area (Å²) in [5, 5.41) is 2.97. The SMILES string of the molecule is COc1ccc(NC(=O)N(CCN2CCOCC2)Cc2cccc(C)n2)c(OC)c1. The molecule has 0 unspecified atom stereocenters. The van der Waals surface area contributed by atoms with Gasteiger partial charge in [-0.2, -0.15) is 0 Å². The van der Waals surface area contributed by atoms with Crippen LogP contribution in [0, 0.1) is 6.92 Å². The highest BCUT2D eigenvalue weighted by atomic mass is 16.5. The van der Waals surface area contributed by atoms with Crippen LogP contribution in [0.25, 0.3) is 0 Å². The van der Waals surface area contributed by atoms with E-state index in [1.165, 1.54) is 0 Å². The van der Waals surface area contributed by atoms with Crippen molar-refractivity contribution in [1.82, 2.24) is 14.8 Å². The fourth-order valence-electron chi connectivity index (χ4n) is 3.32. The van der Waals surface area contributed by atoms with Crippen LogP contribution in [-0.4, -0.2) is 74.4 Å². The Hall–Kier alpha value is -2.84. The summed E-state index contributed by atoms with van der Waals surface area (Å²) in [7, 11) is 3.16. The van der Waals surface area contributed by atoms with Gasteiger partial charge in [0.1, 0.15) is 11.5 Å². The van der Waals surface area contributed by atoms with Crippen LogP contribution < -0.4 is 14.8 Å². The summed E-state index contributed by atoms with van der Waals surface area (Å²) in [5.74, 6) is 1.21. The second-order valence-electron chi connectivity index (χ2n) is 7.14. The van der Waals surface area contributed by atoms with E-state index in [-0.39, 0.29) is 6.03 Å². The monoisotopic (exact) mass is 414 g/mol. The number of rotatable bonds is 8. The topological polar surface area (TPSA) is 76.2 Å². The molecule has 1 aliphatic rings. The first kappa shape index (κ1) is 21.9. The van der Waals surface area contributed by atoms with Crippen molar-refractivity contribution in [2.75, 3.05) is 58.9 Å². The molecular formula is C22H30N4O4. The fourth-order valence-corrected chi connectivity index (χ4v) is 3.32. The lowest BCUT2D eigenvalue weighted by atomic mass is 10.2. The molecule has 2 heterocycles. The minimum absolute atomic E-state index is 0.199. The normalized spacial score (nSPS) is 14.2. The van der Waals surface area contributed by atoms with E-state index in [0.29, 0.717) is 30.3 Å². The predicted octanol–water partition coefficient (Wildman–Crippen LogP) is 2.77. The Morgan fingerprint density at radius 3 is 2.70 bits per heavy atom. The number of ether oxygens (including phenoxy) is 3. The quantitative estimate of drug-likeness (QED) is 0.716. The van der Waals surface area contributed by atoms with Crippen LogP contribution in [0.4, 0.5) is 10.5 Å². The van der Waals surface area contributed by atoms with Gasteiger partial charge in [-0.05, 0) is 31.2 Å². The second-order valence-corrected chi connectivity index (χ2v) is 7.14. The first-order valence-electron chi connectivity index (χ1n) is 10.1. The van der Waals surface area contributed by atoms with Crippen LogP contribution in [0.2, 0.25) is 0 Å². The number of hydrogen-bond donors (Lipinski definition) is 1. The van der Waals surface area contributed by atoms with Crippen LogP contribution in [0.3, 0.4) is 0 Å². The van der Waals surface area contributed by atoms with Gasteiger partial charge in [0.05, 0.1) is 45.4 Å². The number of carbonyl (C=O) groups excluding carboxylic acids is 1. The van der Waals surface area contributed by atoms with E-state index in [2.05, 4.69) is 15.2 Å². The Morgan fingerprint density at radius 1 is 1.20 bits per heavy atom. The van der Waals surface area contributed by atoms with Gasteiger partial charge in [-0.25, -0.2) is 4.79 Å². The van der Waals surface area contributed by atoms with Crippen molar-refractivity contribution < 1.29 is 19.0 Å². The number of aryl methyl sites for hydroxylation is 1. The molecule has 1 fully saturated rings. The van der Waals surface area contributed by atoms with Gasteiger partial charge in [0.2, 0.25) is 0 Å². The molecule has 8 heteroatoms. The molecule has 2 amide bonds. The van der Waals surface area contributed by atoms with E-state index in [0.717, 1.165) is 44.2 Å². The molecule has 0 aliphatic carbocycles. The number of pyridine rings is 1. The summed E-state index contributed by atoms with van der Waals surface area (Å²) >= 11 is 0. The number of methoxy groups -OCH3 is 2. The summed E-state index contributed by atoms with van der Waals surface area (Å²) in [5.41, 5.74) is 2.38. The number of carbonyl (C=O) groups is 1. The van der Waals surface area contributed by atoms with Crippen molar-refractivity contribution in [3.63, 3.8) is 0 Å². The number of hydrogen-bond acceptors (Lipinski definition) is 6. The number of nitrogens with one attached hydrogen (secondary N) is 1. The maximum atomic E-state index is 13.2. The molecule has 0 radical (unpaired) electrons. The summed E-state index contributed by atoms with van der Waals surface area (Å²) in [6.45, 7) is 6.96. The number of amides is 2. The molecule has 1 N–H and O–H groups in total. The molecule has 1 saturated heterocycles. The van der Waals surface area contributed by atoms with Crippen molar-refractivity contribution in [1.29, 1.82) is 0 Å². The Kier molecular flexibility index (Phi) is 7.87. The first-order chi connectivity index (χ1) is 14.6. The van der Waals surface area contributed by atoms with Crippen molar-refractivity contribution in [3.8, 4) is 11.5 Å². The van der Waals surface area contributed by atoms with Crippen LogP contribution in [-0.2, 0) is 11.3 Å². The molecular weight excluding hydrogens is 384 g/mol. The summed E-state index contributed by atoms with van der Waals surface area (Å²) in [4.78, 5) is 21.8. The van der Waals surface area contributed by atoms with Gasteiger partial charge in [0.25, 0.3) is 0 Å². The van der Waals surface area contributed by atoms with Gasteiger partial charge in [-0.3, -0.25) is 9.88 Å².